The predicted molar refractivity (Wildman–Crippen MR) is 66.7 cm³/mol. The lowest BCUT2D eigenvalue weighted by Crippen LogP contribution is -2.03. The van der Waals surface area contributed by atoms with Gasteiger partial charge >= 0.3 is 0 Å². The molecule has 86 valence electrons. The fourth-order valence-corrected chi connectivity index (χ4v) is 2.04. The molecule has 0 radical (unpaired) electrons. The Morgan fingerprint density at radius 3 is 3.00 bits per heavy atom. The maximum absolute atomic E-state index is 5.96. The Morgan fingerprint density at radius 2 is 2.24 bits per heavy atom. The van der Waals surface area contributed by atoms with Crippen LogP contribution in [0.4, 0.5) is 5.95 Å². The van der Waals surface area contributed by atoms with Crippen LogP contribution in [-0.4, -0.2) is 9.55 Å². The molecule has 2 heterocycles. The summed E-state index contributed by atoms with van der Waals surface area (Å²) in [5.74, 6) is 0.538. The molecular formula is C13H13N3O. The van der Waals surface area contributed by atoms with E-state index >= 15 is 0 Å². The highest BCUT2D eigenvalue weighted by molar-refractivity contribution is 5.81. The molecular weight excluding hydrogens is 214 g/mol. The molecule has 0 bridgehead atoms. The van der Waals surface area contributed by atoms with Crippen molar-refractivity contribution in [3.8, 4) is 0 Å². The number of benzene rings is 1. The lowest BCUT2D eigenvalue weighted by atomic mass is 10.2. The molecule has 2 N–H and O–H groups in total. The second-order valence-electron chi connectivity index (χ2n) is 4.13. The molecule has 0 saturated heterocycles. The monoisotopic (exact) mass is 227 g/mol. The number of aryl methyl sites for hydroxylation is 1. The minimum Gasteiger partial charge on any atom is -0.472 e. The van der Waals surface area contributed by atoms with E-state index in [1.165, 1.54) is 0 Å². The quantitative estimate of drug-likeness (QED) is 0.732. The van der Waals surface area contributed by atoms with E-state index in [1.807, 2.05) is 35.8 Å². The number of rotatable bonds is 2. The number of hydrogen-bond acceptors (Lipinski definition) is 3. The summed E-state index contributed by atoms with van der Waals surface area (Å²) in [7, 11) is 0. The summed E-state index contributed by atoms with van der Waals surface area (Å²) in [6.45, 7) is 2.72. The van der Waals surface area contributed by atoms with Gasteiger partial charge in [-0.15, -0.1) is 0 Å². The van der Waals surface area contributed by atoms with E-state index in [2.05, 4.69) is 4.98 Å². The van der Waals surface area contributed by atoms with Gasteiger partial charge in [0.1, 0.15) is 0 Å². The van der Waals surface area contributed by atoms with E-state index < -0.39 is 0 Å². The van der Waals surface area contributed by atoms with Gasteiger partial charge < -0.3 is 14.7 Å². The molecule has 0 aliphatic rings. The summed E-state index contributed by atoms with van der Waals surface area (Å²) < 4.78 is 7.06. The van der Waals surface area contributed by atoms with Crippen LogP contribution in [0.5, 0.6) is 0 Å². The summed E-state index contributed by atoms with van der Waals surface area (Å²) in [4.78, 5) is 4.40. The summed E-state index contributed by atoms with van der Waals surface area (Å²) >= 11 is 0. The van der Waals surface area contributed by atoms with Crippen molar-refractivity contribution < 1.29 is 4.42 Å². The second kappa shape index (κ2) is 3.66. The van der Waals surface area contributed by atoms with Crippen molar-refractivity contribution in [3.63, 3.8) is 0 Å². The molecule has 0 aliphatic carbocycles. The van der Waals surface area contributed by atoms with Crippen LogP contribution in [0.15, 0.2) is 41.2 Å². The largest absolute Gasteiger partial charge is 0.472 e. The Morgan fingerprint density at radius 1 is 1.35 bits per heavy atom. The molecule has 17 heavy (non-hydrogen) atoms. The van der Waals surface area contributed by atoms with Crippen LogP contribution in [-0.2, 0) is 6.54 Å². The second-order valence-corrected chi connectivity index (χ2v) is 4.13. The minimum absolute atomic E-state index is 0.538. The van der Waals surface area contributed by atoms with Crippen molar-refractivity contribution in [1.82, 2.24) is 9.55 Å². The van der Waals surface area contributed by atoms with E-state index in [4.69, 9.17) is 10.2 Å². The zero-order valence-electron chi connectivity index (χ0n) is 9.55. The molecule has 0 saturated carbocycles. The zero-order valence-corrected chi connectivity index (χ0v) is 9.55. The Labute approximate surface area is 98.7 Å². The van der Waals surface area contributed by atoms with Crippen molar-refractivity contribution in [2.45, 2.75) is 13.5 Å². The average molecular weight is 227 g/mol. The van der Waals surface area contributed by atoms with E-state index in [1.54, 1.807) is 12.5 Å². The van der Waals surface area contributed by atoms with Crippen molar-refractivity contribution in [1.29, 1.82) is 0 Å². The Balaban J connectivity index is 2.16. The van der Waals surface area contributed by atoms with Crippen LogP contribution >= 0.6 is 0 Å². The standard InChI is InChI=1S/C13H13N3O/c1-9-3-2-4-11-12(9)15-13(14)16(11)7-10-5-6-17-8-10/h2-6,8H,7H2,1H3,(H2,14,15). The van der Waals surface area contributed by atoms with Crippen molar-refractivity contribution in [2.24, 2.45) is 0 Å². The number of anilines is 1. The molecule has 2 aromatic heterocycles. The normalized spacial score (nSPS) is 11.1. The van der Waals surface area contributed by atoms with Gasteiger partial charge in [-0.2, -0.15) is 0 Å². The number of furan rings is 1. The highest BCUT2D eigenvalue weighted by Crippen LogP contribution is 2.22. The smallest absolute Gasteiger partial charge is 0.201 e. The van der Waals surface area contributed by atoms with Gasteiger partial charge in [-0.3, -0.25) is 0 Å². The van der Waals surface area contributed by atoms with Crippen molar-refractivity contribution in [3.05, 3.63) is 47.9 Å². The zero-order chi connectivity index (χ0) is 11.8. The van der Waals surface area contributed by atoms with E-state index in [9.17, 15) is 0 Å². The maximum Gasteiger partial charge on any atom is 0.201 e. The van der Waals surface area contributed by atoms with Crippen LogP contribution in [0, 0.1) is 6.92 Å². The fourth-order valence-electron chi connectivity index (χ4n) is 2.04. The first-order chi connectivity index (χ1) is 8.25. The first kappa shape index (κ1) is 9.96. The van der Waals surface area contributed by atoms with Crippen molar-refractivity contribution in [2.75, 3.05) is 5.73 Å². The number of fused-ring (bicyclic) bond motifs is 1. The summed E-state index contributed by atoms with van der Waals surface area (Å²) in [6.07, 6.45) is 3.39. The Bertz CT molecular complexity index is 653. The molecule has 4 nitrogen and oxygen atoms in total. The molecule has 0 spiro atoms. The van der Waals surface area contributed by atoms with Gasteiger partial charge in [0.2, 0.25) is 5.95 Å². The first-order valence-electron chi connectivity index (χ1n) is 5.48. The molecule has 1 aromatic carbocycles. The molecule has 3 rings (SSSR count). The van der Waals surface area contributed by atoms with Gasteiger partial charge in [-0.1, -0.05) is 12.1 Å². The predicted octanol–water partition coefficient (Wildman–Crippen LogP) is 2.57. The maximum atomic E-state index is 5.96. The van der Waals surface area contributed by atoms with Crippen LogP contribution < -0.4 is 5.73 Å². The third-order valence-electron chi connectivity index (χ3n) is 2.93. The molecule has 0 unspecified atom stereocenters. The fraction of sp³-hybridized carbons (Fsp3) is 0.154. The van der Waals surface area contributed by atoms with Crippen LogP contribution in [0.1, 0.15) is 11.1 Å². The molecule has 4 heteroatoms. The van der Waals surface area contributed by atoms with Crippen molar-refractivity contribution >= 4 is 17.0 Å². The highest BCUT2D eigenvalue weighted by atomic mass is 16.3. The van der Waals surface area contributed by atoms with E-state index in [0.29, 0.717) is 12.5 Å². The molecule has 0 fully saturated rings. The SMILES string of the molecule is Cc1cccc2c1nc(N)n2Cc1ccoc1. The lowest BCUT2D eigenvalue weighted by Gasteiger charge is -2.04. The van der Waals surface area contributed by atoms with Crippen LogP contribution in [0.2, 0.25) is 0 Å². The number of nitrogens with two attached hydrogens (primary N) is 1. The minimum atomic E-state index is 0.538. The van der Waals surface area contributed by atoms with Gasteiger partial charge in [0, 0.05) is 5.56 Å². The number of para-hydroxylation sites is 1. The number of hydrogen-bond donors (Lipinski definition) is 1. The van der Waals surface area contributed by atoms with Gasteiger partial charge in [0.25, 0.3) is 0 Å². The number of nitrogens with zero attached hydrogens (tertiary/aromatic N) is 2. The highest BCUT2D eigenvalue weighted by Gasteiger charge is 2.10. The lowest BCUT2D eigenvalue weighted by molar-refractivity contribution is 0.562. The molecule has 0 atom stereocenters. The van der Waals surface area contributed by atoms with Gasteiger partial charge in [-0.25, -0.2) is 4.98 Å². The summed E-state index contributed by atoms with van der Waals surface area (Å²) in [5.41, 5.74) is 10.2. The molecule has 3 aromatic rings. The van der Waals surface area contributed by atoms with Gasteiger partial charge in [0.05, 0.1) is 30.1 Å². The number of nitrogen functional groups attached to an aromatic ring is 1. The average Bonchev–Trinajstić information content (AvgIpc) is 2.91. The summed E-state index contributed by atoms with van der Waals surface area (Å²) in [5, 5.41) is 0. The summed E-state index contributed by atoms with van der Waals surface area (Å²) in [6, 6.07) is 8.02. The van der Waals surface area contributed by atoms with E-state index in [0.717, 1.165) is 22.2 Å². The Kier molecular flexibility index (Phi) is 2.14. The number of imidazole rings is 1. The molecule has 0 aliphatic heterocycles. The third-order valence-corrected chi connectivity index (χ3v) is 2.93. The molecule has 0 amide bonds. The van der Waals surface area contributed by atoms with Crippen LogP contribution in [0.25, 0.3) is 11.0 Å². The number of aromatic nitrogens is 2. The Hall–Kier alpha value is -2.23. The van der Waals surface area contributed by atoms with Crippen LogP contribution in [0.3, 0.4) is 0 Å². The first-order valence-corrected chi connectivity index (χ1v) is 5.48. The third kappa shape index (κ3) is 1.58. The van der Waals surface area contributed by atoms with Gasteiger partial charge in [0.15, 0.2) is 0 Å². The van der Waals surface area contributed by atoms with Gasteiger partial charge in [-0.05, 0) is 24.6 Å². The van der Waals surface area contributed by atoms with E-state index in [-0.39, 0.29) is 0 Å². The topological polar surface area (TPSA) is 57.0 Å².